The molecule has 0 amide bonds. The van der Waals surface area contributed by atoms with Crippen molar-refractivity contribution in [2.24, 2.45) is 0 Å². The second-order valence-corrected chi connectivity index (χ2v) is 6.58. The topological polar surface area (TPSA) is 32.7 Å². The van der Waals surface area contributed by atoms with Crippen LogP contribution in [0.5, 0.6) is 0 Å². The number of hydrogen-bond acceptors (Lipinski definition) is 4. The Labute approximate surface area is 138 Å². The Morgan fingerprint density at radius 3 is 2.86 bits per heavy atom. The van der Waals surface area contributed by atoms with Crippen molar-refractivity contribution < 1.29 is 14.2 Å². The minimum absolute atomic E-state index is 0.243. The molecule has 0 fully saturated rings. The first-order valence-corrected chi connectivity index (χ1v) is 8.21. The molecule has 1 heterocycles. The van der Waals surface area contributed by atoms with Gasteiger partial charge in [0.1, 0.15) is 5.82 Å². The SMILES string of the molecule is CN(Cc1c(F)cccc1Cl)C[C@H](O)COCc1cccs1. The number of aliphatic hydroxyl groups excluding tert-OH is 1. The molecule has 22 heavy (non-hydrogen) atoms. The number of halogens is 2. The number of ether oxygens (including phenoxy) is 1. The molecular weight excluding hydrogens is 325 g/mol. The van der Waals surface area contributed by atoms with Gasteiger partial charge in [0.25, 0.3) is 0 Å². The van der Waals surface area contributed by atoms with E-state index in [4.69, 9.17) is 16.3 Å². The molecule has 1 aromatic heterocycles. The highest BCUT2D eigenvalue weighted by Crippen LogP contribution is 2.20. The first-order valence-electron chi connectivity index (χ1n) is 6.96. The van der Waals surface area contributed by atoms with Gasteiger partial charge in [0.05, 0.1) is 19.3 Å². The molecule has 0 aliphatic carbocycles. The maximum Gasteiger partial charge on any atom is 0.129 e. The molecule has 0 bridgehead atoms. The van der Waals surface area contributed by atoms with E-state index in [1.54, 1.807) is 23.5 Å². The van der Waals surface area contributed by atoms with Crippen molar-refractivity contribution in [1.82, 2.24) is 4.90 Å². The van der Waals surface area contributed by atoms with Crippen LogP contribution in [0.1, 0.15) is 10.4 Å². The number of thiophene rings is 1. The molecule has 1 atom stereocenters. The molecule has 0 saturated heterocycles. The van der Waals surface area contributed by atoms with Gasteiger partial charge in [0.2, 0.25) is 0 Å². The highest BCUT2D eigenvalue weighted by molar-refractivity contribution is 7.09. The van der Waals surface area contributed by atoms with Gasteiger partial charge in [-0.2, -0.15) is 0 Å². The molecule has 0 aliphatic heterocycles. The lowest BCUT2D eigenvalue weighted by Gasteiger charge is -2.21. The summed E-state index contributed by atoms with van der Waals surface area (Å²) < 4.78 is 19.2. The van der Waals surface area contributed by atoms with E-state index in [-0.39, 0.29) is 12.4 Å². The monoisotopic (exact) mass is 343 g/mol. The van der Waals surface area contributed by atoms with Crippen LogP contribution in [-0.2, 0) is 17.9 Å². The number of benzene rings is 1. The Kier molecular flexibility index (Phi) is 6.79. The van der Waals surface area contributed by atoms with Gasteiger partial charge in [-0.25, -0.2) is 4.39 Å². The summed E-state index contributed by atoms with van der Waals surface area (Å²) in [5, 5.41) is 12.4. The van der Waals surface area contributed by atoms with Crippen LogP contribution in [0.15, 0.2) is 35.7 Å². The van der Waals surface area contributed by atoms with E-state index >= 15 is 0 Å². The molecular formula is C16H19ClFNO2S. The zero-order chi connectivity index (χ0) is 15.9. The minimum atomic E-state index is -0.629. The summed E-state index contributed by atoms with van der Waals surface area (Å²) in [5.41, 5.74) is 0.443. The zero-order valence-electron chi connectivity index (χ0n) is 12.3. The van der Waals surface area contributed by atoms with Crippen molar-refractivity contribution in [3.63, 3.8) is 0 Å². The van der Waals surface area contributed by atoms with Gasteiger partial charge in [-0.1, -0.05) is 23.7 Å². The molecule has 1 aromatic carbocycles. The quantitative estimate of drug-likeness (QED) is 0.795. The first kappa shape index (κ1) is 17.4. The number of nitrogens with zero attached hydrogens (tertiary/aromatic N) is 1. The minimum Gasteiger partial charge on any atom is -0.389 e. The third-order valence-corrected chi connectivity index (χ3v) is 4.35. The lowest BCUT2D eigenvalue weighted by molar-refractivity contribution is 0.0134. The summed E-state index contributed by atoms with van der Waals surface area (Å²) in [5.74, 6) is -0.331. The number of hydrogen-bond donors (Lipinski definition) is 1. The highest BCUT2D eigenvalue weighted by Gasteiger charge is 2.13. The molecule has 0 saturated carbocycles. The van der Waals surface area contributed by atoms with Crippen LogP contribution in [0.4, 0.5) is 4.39 Å². The molecule has 0 unspecified atom stereocenters. The lowest BCUT2D eigenvalue weighted by Crippen LogP contribution is -2.32. The fraction of sp³-hybridized carbons (Fsp3) is 0.375. The molecule has 2 aromatic rings. The van der Waals surface area contributed by atoms with Crippen LogP contribution >= 0.6 is 22.9 Å². The largest absolute Gasteiger partial charge is 0.389 e. The lowest BCUT2D eigenvalue weighted by atomic mass is 10.2. The fourth-order valence-corrected chi connectivity index (χ4v) is 2.98. The number of aliphatic hydroxyl groups is 1. The summed E-state index contributed by atoms with van der Waals surface area (Å²) >= 11 is 7.62. The third kappa shape index (κ3) is 5.34. The summed E-state index contributed by atoms with van der Waals surface area (Å²) in [6.45, 7) is 1.47. The first-order chi connectivity index (χ1) is 10.6. The standard InChI is InChI=1S/C16H19ClFNO2S/c1-19(9-14-15(17)5-2-6-16(14)18)8-12(20)10-21-11-13-4-3-7-22-13/h2-7,12,20H,8-11H2,1H3/t12-/m0/s1. The van der Waals surface area contributed by atoms with E-state index in [1.807, 2.05) is 29.5 Å². The number of likely N-dealkylation sites (N-methyl/N-ethyl adjacent to an activating group) is 1. The average Bonchev–Trinajstić information content (AvgIpc) is 2.96. The van der Waals surface area contributed by atoms with Gasteiger partial charge < -0.3 is 9.84 Å². The predicted molar refractivity (Wildman–Crippen MR) is 87.7 cm³/mol. The average molecular weight is 344 g/mol. The maximum absolute atomic E-state index is 13.7. The molecule has 2 rings (SSSR count). The molecule has 6 heteroatoms. The van der Waals surface area contributed by atoms with Gasteiger partial charge in [-0.3, -0.25) is 4.90 Å². The van der Waals surface area contributed by atoms with Crippen LogP contribution in [-0.4, -0.2) is 36.3 Å². The van der Waals surface area contributed by atoms with Gasteiger partial charge in [-0.15, -0.1) is 11.3 Å². The van der Waals surface area contributed by atoms with Crippen molar-refractivity contribution >= 4 is 22.9 Å². The van der Waals surface area contributed by atoms with Gasteiger partial charge >= 0.3 is 0 Å². The molecule has 1 N–H and O–H groups in total. The van der Waals surface area contributed by atoms with Gasteiger partial charge in [0.15, 0.2) is 0 Å². The van der Waals surface area contributed by atoms with E-state index in [1.165, 1.54) is 6.07 Å². The molecule has 120 valence electrons. The van der Waals surface area contributed by atoms with Gasteiger partial charge in [-0.05, 0) is 30.6 Å². The van der Waals surface area contributed by atoms with Crippen molar-refractivity contribution in [3.05, 3.63) is 57.0 Å². The van der Waals surface area contributed by atoms with Crippen LogP contribution in [0.2, 0.25) is 5.02 Å². The van der Waals surface area contributed by atoms with E-state index in [9.17, 15) is 9.50 Å². The van der Waals surface area contributed by atoms with E-state index in [0.29, 0.717) is 30.3 Å². The second-order valence-electron chi connectivity index (χ2n) is 5.15. The summed E-state index contributed by atoms with van der Waals surface area (Å²) in [4.78, 5) is 2.95. The van der Waals surface area contributed by atoms with Crippen molar-refractivity contribution in [2.75, 3.05) is 20.2 Å². The number of rotatable bonds is 8. The normalized spacial score (nSPS) is 12.8. The van der Waals surface area contributed by atoms with Crippen LogP contribution in [0.25, 0.3) is 0 Å². The second kappa shape index (κ2) is 8.60. The third-order valence-electron chi connectivity index (χ3n) is 3.15. The summed E-state index contributed by atoms with van der Waals surface area (Å²) in [7, 11) is 1.81. The zero-order valence-corrected chi connectivity index (χ0v) is 13.9. The fourth-order valence-electron chi connectivity index (χ4n) is 2.12. The molecule has 0 aliphatic rings. The van der Waals surface area contributed by atoms with E-state index in [0.717, 1.165) is 4.88 Å². The molecule has 0 spiro atoms. The summed E-state index contributed by atoms with van der Waals surface area (Å²) in [6.07, 6.45) is -0.629. The molecule has 0 radical (unpaired) electrons. The van der Waals surface area contributed by atoms with Crippen LogP contribution in [0.3, 0.4) is 0 Å². The Morgan fingerprint density at radius 2 is 2.18 bits per heavy atom. The maximum atomic E-state index is 13.7. The predicted octanol–water partition coefficient (Wildman–Crippen LogP) is 3.55. The Hall–Kier alpha value is -0.980. The highest BCUT2D eigenvalue weighted by atomic mass is 35.5. The molecule has 3 nitrogen and oxygen atoms in total. The van der Waals surface area contributed by atoms with Crippen molar-refractivity contribution in [1.29, 1.82) is 0 Å². The Morgan fingerprint density at radius 1 is 1.36 bits per heavy atom. The Balaban J connectivity index is 1.75. The smallest absolute Gasteiger partial charge is 0.129 e. The van der Waals surface area contributed by atoms with E-state index in [2.05, 4.69) is 0 Å². The van der Waals surface area contributed by atoms with Gasteiger partial charge in [0, 0.05) is 28.6 Å². The summed E-state index contributed by atoms with van der Waals surface area (Å²) in [6, 6.07) is 8.58. The van der Waals surface area contributed by atoms with Crippen molar-refractivity contribution in [3.8, 4) is 0 Å². The Bertz CT molecular complexity index is 559. The van der Waals surface area contributed by atoms with Crippen LogP contribution in [0, 0.1) is 5.82 Å². The van der Waals surface area contributed by atoms with Crippen molar-refractivity contribution in [2.45, 2.75) is 19.3 Å². The van der Waals surface area contributed by atoms with Crippen LogP contribution < -0.4 is 0 Å². The van der Waals surface area contributed by atoms with E-state index < -0.39 is 6.10 Å².